The highest BCUT2D eigenvalue weighted by atomic mass is 16.5. The fraction of sp³-hybridized carbons (Fsp3) is 0.160. The van der Waals surface area contributed by atoms with Crippen LogP contribution in [0, 0.1) is 6.92 Å². The Morgan fingerprint density at radius 3 is 2.43 bits per heavy atom. The summed E-state index contributed by atoms with van der Waals surface area (Å²) in [7, 11) is 0. The third-order valence-corrected chi connectivity index (χ3v) is 5.03. The van der Waals surface area contributed by atoms with E-state index in [0.29, 0.717) is 25.3 Å². The monoisotopic (exact) mass is 369 g/mol. The second kappa shape index (κ2) is 8.13. The van der Waals surface area contributed by atoms with Crippen molar-refractivity contribution >= 4 is 12.0 Å². The minimum absolute atomic E-state index is 0.0154. The fourth-order valence-corrected chi connectivity index (χ4v) is 3.44. The van der Waals surface area contributed by atoms with Gasteiger partial charge in [0.25, 0.3) is 5.91 Å². The first-order valence-electron chi connectivity index (χ1n) is 9.51. The molecule has 0 aromatic heterocycles. The molecule has 1 heterocycles. The van der Waals surface area contributed by atoms with E-state index in [9.17, 15) is 4.79 Å². The molecule has 1 aliphatic rings. The van der Waals surface area contributed by atoms with Crippen LogP contribution in [0.3, 0.4) is 0 Å². The summed E-state index contributed by atoms with van der Waals surface area (Å²) in [6.07, 6.45) is 1.96. The van der Waals surface area contributed by atoms with Crippen LogP contribution in [-0.4, -0.2) is 17.4 Å². The van der Waals surface area contributed by atoms with E-state index in [0.717, 1.165) is 22.4 Å². The summed E-state index contributed by atoms with van der Waals surface area (Å²) in [5, 5.41) is 0. The molecule has 0 fully saturated rings. The van der Waals surface area contributed by atoms with Gasteiger partial charge in [-0.3, -0.25) is 4.79 Å². The SMILES string of the molecule is Cc1ccccc1CN(Cc1ccccc1)C(=O)C1=Cc2ccccc2OC1. The number of para-hydroxylation sites is 1. The Hall–Kier alpha value is -3.33. The molecule has 1 amide bonds. The van der Waals surface area contributed by atoms with Gasteiger partial charge in [-0.1, -0.05) is 72.8 Å². The first kappa shape index (κ1) is 18.1. The first-order valence-corrected chi connectivity index (χ1v) is 9.51. The lowest BCUT2D eigenvalue weighted by Gasteiger charge is -2.27. The van der Waals surface area contributed by atoms with E-state index in [4.69, 9.17) is 4.74 Å². The molecule has 0 N–H and O–H groups in total. The maximum Gasteiger partial charge on any atom is 0.253 e. The third kappa shape index (κ3) is 3.99. The average molecular weight is 369 g/mol. The molecule has 0 radical (unpaired) electrons. The van der Waals surface area contributed by atoms with Crippen LogP contribution in [0.1, 0.15) is 22.3 Å². The molecule has 0 unspecified atom stereocenters. The number of rotatable bonds is 5. The Morgan fingerprint density at radius 1 is 0.893 bits per heavy atom. The minimum Gasteiger partial charge on any atom is -0.488 e. The molecule has 140 valence electrons. The zero-order valence-corrected chi connectivity index (χ0v) is 16.0. The molecule has 0 saturated carbocycles. The van der Waals surface area contributed by atoms with E-state index in [1.54, 1.807) is 0 Å². The molecule has 3 aromatic carbocycles. The van der Waals surface area contributed by atoms with E-state index < -0.39 is 0 Å². The average Bonchev–Trinajstić information content (AvgIpc) is 2.74. The van der Waals surface area contributed by atoms with E-state index in [1.165, 1.54) is 5.56 Å². The summed E-state index contributed by atoms with van der Waals surface area (Å²) in [6.45, 7) is 3.51. The molecule has 3 heteroatoms. The van der Waals surface area contributed by atoms with Gasteiger partial charge in [0.1, 0.15) is 12.4 Å². The van der Waals surface area contributed by atoms with Crippen LogP contribution >= 0.6 is 0 Å². The first-order chi connectivity index (χ1) is 13.7. The number of carbonyl (C=O) groups excluding carboxylic acids is 1. The van der Waals surface area contributed by atoms with Crippen molar-refractivity contribution < 1.29 is 9.53 Å². The number of nitrogens with zero attached hydrogens (tertiary/aromatic N) is 1. The van der Waals surface area contributed by atoms with Gasteiger partial charge in [0.2, 0.25) is 0 Å². The molecular weight excluding hydrogens is 346 g/mol. The van der Waals surface area contributed by atoms with Crippen molar-refractivity contribution in [3.8, 4) is 5.75 Å². The zero-order valence-electron chi connectivity index (χ0n) is 16.0. The summed E-state index contributed by atoms with van der Waals surface area (Å²) < 4.78 is 5.82. The van der Waals surface area contributed by atoms with Crippen molar-refractivity contribution in [2.75, 3.05) is 6.61 Å². The number of ether oxygens (including phenoxy) is 1. The van der Waals surface area contributed by atoms with Crippen LogP contribution in [0.2, 0.25) is 0 Å². The van der Waals surface area contributed by atoms with Crippen LogP contribution in [-0.2, 0) is 17.9 Å². The van der Waals surface area contributed by atoms with E-state index in [1.807, 2.05) is 65.6 Å². The highest BCUT2D eigenvalue weighted by Gasteiger charge is 2.23. The molecule has 0 aliphatic carbocycles. The molecule has 0 saturated heterocycles. The van der Waals surface area contributed by atoms with Crippen LogP contribution in [0.25, 0.3) is 6.08 Å². The molecule has 28 heavy (non-hydrogen) atoms. The molecule has 0 spiro atoms. The van der Waals surface area contributed by atoms with Crippen molar-refractivity contribution in [2.45, 2.75) is 20.0 Å². The van der Waals surface area contributed by atoms with Crippen molar-refractivity contribution in [1.82, 2.24) is 4.90 Å². The minimum atomic E-state index is 0.0154. The quantitative estimate of drug-likeness (QED) is 0.633. The van der Waals surface area contributed by atoms with Gasteiger partial charge in [0.15, 0.2) is 0 Å². The summed E-state index contributed by atoms with van der Waals surface area (Å²) in [6, 6.07) is 26.1. The summed E-state index contributed by atoms with van der Waals surface area (Å²) >= 11 is 0. The standard InChI is InChI=1S/C25H23NO2/c1-19-9-5-6-13-22(19)17-26(16-20-10-3-2-4-11-20)25(27)23-15-21-12-7-8-14-24(21)28-18-23/h2-15H,16-18H2,1H3. The van der Waals surface area contributed by atoms with Crippen molar-refractivity contribution in [1.29, 1.82) is 0 Å². The predicted octanol–water partition coefficient (Wildman–Crippen LogP) is 5.00. The van der Waals surface area contributed by atoms with Crippen molar-refractivity contribution in [3.63, 3.8) is 0 Å². The van der Waals surface area contributed by atoms with E-state index in [-0.39, 0.29) is 5.91 Å². The van der Waals surface area contributed by atoms with Crippen molar-refractivity contribution in [3.05, 3.63) is 107 Å². The number of amides is 1. The van der Waals surface area contributed by atoms with Crippen LogP contribution in [0.15, 0.2) is 84.4 Å². The van der Waals surface area contributed by atoms with Crippen molar-refractivity contribution in [2.24, 2.45) is 0 Å². The topological polar surface area (TPSA) is 29.5 Å². The number of aryl methyl sites for hydroxylation is 1. The molecule has 3 nitrogen and oxygen atoms in total. The lowest BCUT2D eigenvalue weighted by molar-refractivity contribution is -0.128. The molecule has 3 aromatic rings. The molecule has 4 rings (SSSR count). The number of benzene rings is 3. The van der Waals surface area contributed by atoms with Gasteiger partial charge in [-0.25, -0.2) is 0 Å². The Labute approximate surface area is 165 Å². The van der Waals surface area contributed by atoms with Gasteiger partial charge >= 0.3 is 0 Å². The Morgan fingerprint density at radius 2 is 1.61 bits per heavy atom. The maximum absolute atomic E-state index is 13.4. The maximum atomic E-state index is 13.4. The van der Waals surface area contributed by atoms with Crippen LogP contribution in [0.4, 0.5) is 0 Å². The van der Waals surface area contributed by atoms with Crippen LogP contribution in [0.5, 0.6) is 5.75 Å². The summed E-state index contributed by atoms with van der Waals surface area (Å²) in [5.74, 6) is 0.842. The van der Waals surface area contributed by atoms with Gasteiger partial charge in [-0.15, -0.1) is 0 Å². The number of hydrogen-bond donors (Lipinski definition) is 0. The zero-order chi connectivity index (χ0) is 19.3. The molecule has 0 atom stereocenters. The van der Waals surface area contributed by atoms with Gasteiger partial charge < -0.3 is 9.64 Å². The summed E-state index contributed by atoms with van der Waals surface area (Å²) in [5.41, 5.74) is 5.09. The Kier molecular flexibility index (Phi) is 5.24. The largest absolute Gasteiger partial charge is 0.488 e. The van der Waals surface area contributed by atoms with Gasteiger partial charge in [0.05, 0.1) is 5.57 Å². The second-order valence-electron chi connectivity index (χ2n) is 7.07. The predicted molar refractivity (Wildman–Crippen MR) is 112 cm³/mol. The van der Waals surface area contributed by atoms with Gasteiger partial charge in [-0.05, 0) is 35.8 Å². The Balaban J connectivity index is 1.64. The highest BCUT2D eigenvalue weighted by molar-refractivity contribution is 5.99. The number of hydrogen-bond acceptors (Lipinski definition) is 2. The highest BCUT2D eigenvalue weighted by Crippen LogP contribution is 2.27. The smallest absolute Gasteiger partial charge is 0.253 e. The van der Waals surface area contributed by atoms with Crippen LogP contribution < -0.4 is 4.74 Å². The Bertz CT molecular complexity index is 1010. The normalized spacial score (nSPS) is 12.5. The molecule has 0 bridgehead atoms. The number of carbonyl (C=O) groups is 1. The van der Waals surface area contributed by atoms with E-state index in [2.05, 4.69) is 31.2 Å². The van der Waals surface area contributed by atoms with Gasteiger partial charge in [-0.2, -0.15) is 0 Å². The van der Waals surface area contributed by atoms with Gasteiger partial charge in [0, 0.05) is 18.7 Å². The number of fused-ring (bicyclic) bond motifs is 1. The summed E-state index contributed by atoms with van der Waals surface area (Å²) in [4.78, 5) is 15.3. The lowest BCUT2D eigenvalue weighted by Crippen LogP contribution is -2.33. The van der Waals surface area contributed by atoms with E-state index >= 15 is 0 Å². The third-order valence-electron chi connectivity index (χ3n) is 5.03. The molecule has 1 aliphatic heterocycles. The second-order valence-corrected chi connectivity index (χ2v) is 7.07. The fourth-order valence-electron chi connectivity index (χ4n) is 3.44. The molecular formula is C25H23NO2. The lowest BCUT2D eigenvalue weighted by atomic mass is 10.0.